The van der Waals surface area contributed by atoms with Crippen LogP contribution in [-0.4, -0.2) is 48.9 Å². The highest BCUT2D eigenvalue weighted by Crippen LogP contribution is 2.20. The SMILES string of the molecule is CCNCC1CCN(C(=O)C(C)Oc2cccc(C(C)=O)c2)CC1.Cl. The van der Waals surface area contributed by atoms with Gasteiger partial charge in [0.1, 0.15) is 5.75 Å². The summed E-state index contributed by atoms with van der Waals surface area (Å²) >= 11 is 0. The third kappa shape index (κ3) is 6.33. The van der Waals surface area contributed by atoms with Crippen LogP contribution in [0.15, 0.2) is 24.3 Å². The average molecular weight is 369 g/mol. The normalized spacial score (nSPS) is 16.0. The van der Waals surface area contributed by atoms with E-state index < -0.39 is 6.10 Å². The van der Waals surface area contributed by atoms with Crippen molar-refractivity contribution in [2.45, 2.75) is 39.7 Å². The Morgan fingerprint density at radius 2 is 2.00 bits per heavy atom. The molecule has 1 N–H and O–H groups in total. The highest BCUT2D eigenvalue weighted by molar-refractivity contribution is 5.94. The Morgan fingerprint density at radius 3 is 2.60 bits per heavy atom. The number of piperidine rings is 1. The second-order valence-electron chi connectivity index (χ2n) is 6.42. The van der Waals surface area contributed by atoms with Gasteiger partial charge in [-0.05, 0) is 57.8 Å². The van der Waals surface area contributed by atoms with E-state index in [1.807, 2.05) is 4.90 Å². The van der Waals surface area contributed by atoms with Crippen LogP contribution < -0.4 is 10.1 Å². The van der Waals surface area contributed by atoms with Crippen LogP contribution in [0.25, 0.3) is 0 Å². The molecule has 1 unspecified atom stereocenters. The maximum absolute atomic E-state index is 12.6. The Labute approximate surface area is 156 Å². The molecule has 1 aromatic carbocycles. The number of hydrogen-bond donors (Lipinski definition) is 1. The number of ketones is 1. The number of Topliss-reactive ketones (excluding diaryl/α,β-unsaturated/α-hetero) is 1. The van der Waals surface area contributed by atoms with Crippen LogP contribution >= 0.6 is 12.4 Å². The second-order valence-corrected chi connectivity index (χ2v) is 6.42. The van der Waals surface area contributed by atoms with E-state index in [2.05, 4.69) is 12.2 Å². The van der Waals surface area contributed by atoms with Crippen LogP contribution in [0, 0.1) is 5.92 Å². The molecule has 1 atom stereocenters. The molecule has 25 heavy (non-hydrogen) atoms. The zero-order chi connectivity index (χ0) is 17.5. The molecule has 140 valence electrons. The molecule has 0 aliphatic carbocycles. The van der Waals surface area contributed by atoms with Gasteiger partial charge in [0.05, 0.1) is 0 Å². The van der Waals surface area contributed by atoms with Gasteiger partial charge in [0, 0.05) is 18.7 Å². The molecule has 1 aliphatic heterocycles. The zero-order valence-corrected chi connectivity index (χ0v) is 16.1. The van der Waals surface area contributed by atoms with Crippen molar-refractivity contribution in [3.8, 4) is 5.75 Å². The van der Waals surface area contributed by atoms with E-state index >= 15 is 0 Å². The highest BCUT2D eigenvalue weighted by Gasteiger charge is 2.26. The van der Waals surface area contributed by atoms with E-state index in [9.17, 15) is 9.59 Å². The lowest BCUT2D eigenvalue weighted by atomic mass is 9.96. The van der Waals surface area contributed by atoms with Crippen molar-refractivity contribution in [2.24, 2.45) is 5.92 Å². The summed E-state index contributed by atoms with van der Waals surface area (Å²) in [4.78, 5) is 25.9. The molecule has 0 spiro atoms. The Hall–Kier alpha value is -1.59. The molecule has 1 amide bonds. The number of nitrogens with one attached hydrogen (secondary N) is 1. The molecular weight excluding hydrogens is 340 g/mol. The van der Waals surface area contributed by atoms with E-state index in [0.29, 0.717) is 17.2 Å². The summed E-state index contributed by atoms with van der Waals surface area (Å²) in [7, 11) is 0. The highest BCUT2D eigenvalue weighted by atomic mass is 35.5. The summed E-state index contributed by atoms with van der Waals surface area (Å²) in [5, 5.41) is 3.38. The molecule has 0 saturated carbocycles. The van der Waals surface area contributed by atoms with Crippen molar-refractivity contribution in [3.05, 3.63) is 29.8 Å². The monoisotopic (exact) mass is 368 g/mol. The molecular formula is C19H29ClN2O3. The van der Waals surface area contributed by atoms with Crippen LogP contribution in [0.1, 0.15) is 44.0 Å². The quantitative estimate of drug-likeness (QED) is 0.752. The van der Waals surface area contributed by atoms with Crippen molar-refractivity contribution < 1.29 is 14.3 Å². The molecule has 0 aromatic heterocycles. The first kappa shape index (κ1) is 21.5. The number of ether oxygens (including phenoxy) is 1. The molecule has 1 fully saturated rings. The lowest BCUT2D eigenvalue weighted by Gasteiger charge is -2.33. The Balaban J connectivity index is 0.00000312. The van der Waals surface area contributed by atoms with Gasteiger partial charge in [-0.3, -0.25) is 9.59 Å². The number of hydrogen-bond acceptors (Lipinski definition) is 4. The third-order valence-corrected chi connectivity index (χ3v) is 4.51. The summed E-state index contributed by atoms with van der Waals surface area (Å²) in [6, 6.07) is 6.99. The van der Waals surface area contributed by atoms with Crippen molar-refractivity contribution in [2.75, 3.05) is 26.2 Å². The smallest absolute Gasteiger partial charge is 0.263 e. The first-order chi connectivity index (χ1) is 11.5. The number of amides is 1. The minimum absolute atomic E-state index is 0. The van der Waals surface area contributed by atoms with Crippen LogP contribution in [0.4, 0.5) is 0 Å². The van der Waals surface area contributed by atoms with Crippen molar-refractivity contribution in [3.63, 3.8) is 0 Å². The number of carbonyl (C=O) groups is 2. The van der Waals surface area contributed by atoms with E-state index in [4.69, 9.17) is 4.74 Å². The molecule has 1 aromatic rings. The summed E-state index contributed by atoms with van der Waals surface area (Å²) in [5.74, 6) is 1.22. The Bertz CT molecular complexity index is 572. The fourth-order valence-electron chi connectivity index (χ4n) is 3.01. The molecule has 1 aliphatic rings. The zero-order valence-electron chi connectivity index (χ0n) is 15.3. The van der Waals surface area contributed by atoms with Crippen LogP contribution in [0.5, 0.6) is 5.75 Å². The molecule has 2 rings (SSSR count). The first-order valence-corrected chi connectivity index (χ1v) is 8.78. The molecule has 1 heterocycles. The topological polar surface area (TPSA) is 58.6 Å². The van der Waals surface area contributed by atoms with Gasteiger partial charge in [-0.15, -0.1) is 12.4 Å². The second kappa shape index (κ2) is 10.4. The standard InChI is InChI=1S/C19H28N2O3.ClH/c1-4-20-13-16-8-10-21(11-9-16)19(23)15(3)24-18-7-5-6-17(12-18)14(2)22;/h5-7,12,15-16,20H,4,8-11,13H2,1-3H3;1H. The first-order valence-electron chi connectivity index (χ1n) is 8.78. The van der Waals surface area contributed by atoms with Gasteiger partial charge in [0.15, 0.2) is 11.9 Å². The minimum Gasteiger partial charge on any atom is -0.481 e. The number of carbonyl (C=O) groups excluding carboxylic acids is 2. The average Bonchev–Trinajstić information content (AvgIpc) is 2.60. The molecule has 5 nitrogen and oxygen atoms in total. The number of nitrogens with zero attached hydrogens (tertiary/aromatic N) is 1. The summed E-state index contributed by atoms with van der Waals surface area (Å²) in [6.07, 6.45) is 1.52. The van der Waals surface area contributed by atoms with Crippen molar-refractivity contribution >= 4 is 24.1 Å². The van der Waals surface area contributed by atoms with Gasteiger partial charge >= 0.3 is 0 Å². The van der Waals surface area contributed by atoms with E-state index in [-0.39, 0.29) is 24.1 Å². The number of likely N-dealkylation sites (tertiary alicyclic amines) is 1. The molecule has 0 bridgehead atoms. The van der Waals surface area contributed by atoms with Gasteiger partial charge in [0.2, 0.25) is 0 Å². The van der Waals surface area contributed by atoms with Crippen molar-refractivity contribution in [1.29, 1.82) is 0 Å². The van der Waals surface area contributed by atoms with Crippen LogP contribution in [0.2, 0.25) is 0 Å². The predicted molar refractivity (Wildman–Crippen MR) is 102 cm³/mol. The van der Waals surface area contributed by atoms with Gasteiger partial charge in [-0.25, -0.2) is 0 Å². The van der Waals surface area contributed by atoms with Crippen LogP contribution in [0.3, 0.4) is 0 Å². The van der Waals surface area contributed by atoms with Gasteiger partial charge in [-0.2, -0.15) is 0 Å². The van der Waals surface area contributed by atoms with E-state index in [0.717, 1.165) is 39.0 Å². The minimum atomic E-state index is -0.544. The predicted octanol–water partition coefficient (Wildman–Crippen LogP) is 2.93. The fourth-order valence-corrected chi connectivity index (χ4v) is 3.01. The van der Waals surface area contributed by atoms with Gasteiger partial charge < -0.3 is 15.0 Å². The lowest BCUT2D eigenvalue weighted by Crippen LogP contribution is -2.45. The molecule has 6 heteroatoms. The fraction of sp³-hybridized carbons (Fsp3) is 0.579. The van der Waals surface area contributed by atoms with Crippen LogP contribution in [-0.2, 0) is 4.79 Å². The maximum Gasteiger partial charge on any atom is 0.263 e. The largest absolute Gasteiger partial charge is 0.481 e. The number of halogens is 1. The number of benzene rings is 1. The van der Waals surface area contributed by atoms with E-state index in [1.165, 1.54) is 6.92 Å². The number of rotatable bonds is 7. The Kier molecular flexibility index (Phi) is 8.93. The molecule has 1 saturated heterocycles. The lowest BCUT2D eigenvalue weighted by molar-refractivity contribution is -0.139. The van der Waals surface area contributed by atoms with Crippen molar-refractivity contribution in [1.82, 2.24) is 10.2 Å². The molecule has 0 radical (unpaired) electrons. The Morgan fingerprint density at radius 1 is 1.32 bits per heavy atom. The summed E-state index contributed by atoms with van der Waals surface area (Å²) in [6.45, 7) is 9.00. The van der Waals surface area contributed by atoms with Gasteiger partial charge in [0.25, 0.3) is 5.91 Å². The third-order valence-electron chi connectivity index (χ3n) is 4.51. The summed E-state index contributed by atoms with van der Waals surface area (Å²) < 4.78 is 5.76. The summed E-state index contributed by atoms with van der Waals surface area (Å²) in [5.41, 5.74) is 0.594. The maximum atomic E-state index is 12.6. The van der Waals surface area contributed by atoms with E-state index in [1.54, 1.807) is 31.2 Å². The van der Waals surface area contributed by atoms with Gasteiger partial charge in [-0.1, -0.05) is 19.1 Å².